The van der Waals surface area contributed by atoms with E-state index in [2.05, 4.69) is 17.1 Å². The quantitative estimate of drug-likeness (QED) is 0.832. The van der Waals surface area contributed by atoms with Crippen molar-refractivity contribution in [3.63, 3.8) is 0 Å². The smallest absolute Gasteiger partial charge is 0.237 e. The molecule has 1 aliphatic carbocycles. The Kier molecular flexibility index (Phi) is 4.38. The van der Waals surface area contributed by atoms with Gasteiger partial charge in [0.05, 0.1) is 5.92 Å². The maximum atomic E-state index is 11.7. The molecule has 106 valence electrons. The van der Waals surface area contributed by atoms with Crippen LogP contribution in [0.2, 0.25) is 0 Å². The molecule has 4 nitrogen and oxygen atoms in total. The fourth-order valence-electron chi connectivity index (χ4n) is 3.14. The topological polar surface area (TPSA) is 56.0 Å². The number of Topliss-reactive ketones (excluding diaryl/α,β-unsaturated/α-hetero) is 1. The maximum absolute atomic E-state index is 11.7. The van der Waals surface area contributed by atoms with Crippen molar-refractivity contribution < 1.29 is 9.32 Å². The molecule has 3 atom stereocenters. The molecule has 0 bridgehead atoms. The van der Waals surface area contributed by atoms with E-state index in [0.717, 1.165) is 24.6 Å². The van der Waals surface area contributed by atoms with Crippen molar-refractivity contribution in [1.29, 1.82) is 0 Å². The van der Waals surface area contributed by atoms with Crippen LogP contribution in [0.5, 0.6) is 0 Å². The van der Waals surface area contributed by atoms with E-state index in [1.165, 1.54) is 12.8 Å². The number of carbonyl (C=O) groups excluding carboxylic acids is 1. The van der Waals surface area contributed by atoms with Crippen LogP contribution in [-0.2, 0) is 4.79 Å². The summed E-state index contributed by atoms with van der Waals surface area (Å²) in [6.45, 7) is 7.90. The first-order valence-electron chi connectivity index (χ1n) is 7.33. The second-order valence-electron chi connectivity index (χ2n) is 6.29. The largest absolute Gasteiger partial charge is 0.339 e. The van der Waals surface area contributed by atoms with Crippen LogP contribution in [0, 0.1) is 11.8 Å². The normalized spacial score (nSPS) is 25.5. The zero-order valence-corrected chi connectivity index (χ0v) is 12.3. The van der Waals surface area contributed by atoms with E-state index < -0.39 is 0 Å². The van der Waals surface area contributed by atoms with E-state index in [9.17, 15) is 4.79 Å². The van der Waals surface area contributed by atoms with Gasteiger partial charge in [-0.3, -0.25) is 4.79 Å². The first kappa shape index (κ1) is 14.2. The molecule has 1 aromatic rings. The summed E-state index contributed by atoms with van der Waals surface area (Å²) in [6.07, 6.45) is 4.79. The van der Waals surface area contributed by atoms with Gasteiger partial charge in [-0.2, -0.15) is 4.98 Å². The average Bonchev–Trinajstić information content (AvgIpc) is 2.77. The summed E-state index contributed by atoms with van der Waals surface area (Å²) in [5.41, 5.74) is 0. The minimum absolute atomic E-state index is 0.0993. The third kappa shape index (κ3) is 3.23. The van der Waals surface area contributed by atoms with Crippen molar-refractivity contribution in [2.75, 3.05) is 0 Å². The molecule has 1 aliphatic rings. The van der Waals surface area contributed by atoms with Gasteiger partial charge in [-0.25, -0.2) is 0 Å². The van der Waals surface area contributed by atoms with Crippen molar-refractivity contribution in [2.45, 2.75) is 65.2 Å². The highest BCUT2D eigenvalue weighted by Crippen LogP contribution is 2.35. The standard InChI is InChI=1S/C15H24N2O2/c1-9(2)13(11(4)18)15-16-14(17-19-15)12-7-5-6-10(3)8-12/h9-10,12-13H,5-8H2,1-4H3. The van der Waals surface area contributed by atoms with E-state index >= 15 is 0 Å². The molecule has 0 saturated heterocycles. The molecular weight excluding hydrogens is 240 g/mol. The van der Waals surface area contributed by atoms with Gasteiger partial charge >= 0.3 is 0 Å². The van der Waals surface area contributed by atoms with Gasteiger partial charge in [-0.1, -0.05) is 38.8 Å². The van der Waals surface area contributed by atoms with E-state index in [4.69, 9.17) is 4.52 Å². The van der Waals surface area contributed by atoms with Gasteiger partial charge in [0.1, 0.15) is 5.78 Å². The number of carbonyl (C=O) groups is 1. The maximum Gasteiger partial charge on any atom is 0.237 e. The monoisotopic (exact) mass is 264 g/mol. The van der Waals surface area contributed by atoms with Crippen LogP contribution in [0.3, 0.4) is 0 Å². The molecule has 0 radical (unpaired) electrons. The van der Waals surface area contributed by atoms with Gasteiger partial charge in [-0.15, -0.1) is 0 Å². The lowest BCUT2D eigenvalue weighted by Gasteiger charge is -2.23. The van der Waals surface area contributed by atoms with Crippen molar-refractivity contribution in [3.05, 3.63) is 11.7 Å². The van der Waals surface area contributed by atoms with Gasteiger partial charge in [0.25, 0.3) is 0 Å². The Balaban J connectivity index is 2.15. The van der Waals surface area contributed by atoms with Crippen LogP contribution in [0.25, 0.3) is 0 Å². The van der Waals surface area contributed by atoms with Crippen LogP contribution >= 0.6 is 0 Å². The summed E-state index contributed by atoms with van der Waals surface area (Å²) >= 11 is 0. The van der Waals surface area contributed by atoms with Crippen LogP contribution in [0.1, 0.15) is 76.9 Å². The Morgan fingerprint density at radius 1 is 1.37 bits per heavy atom. The number of hydrogen-bond acceptors (Lipinski definition) is 4. The van der Waals surface area contributed by atoms with Crippen molar-refractivity contribution in [1.82, 2.24) is 10.1 Å². The fraction of sp³-hybridized carbons (Fsp3) is 0.800. The Labute approximate surface area is 115 Å². The summed E-state index contributed by atoms with van der Waals surface area (Å²) in [7, 11) is 0. The van der Waals surface area contributed by atoms with Crippen molar-refractivity contribution in [3.8, 4) is 0 Å². The van der Waals surface area contributed by atoms with Crippen LogP contribution in [0.4, 0.5) is 0 Å². The average molecular weight is 264 g/mol. The second kappa shape index (κ2) is 5.85. The van der Waals surface area contributed by atoms with E-state index in [0.29, 0.717) is 11.8 Å². The van der Waals surface area contributed by atoms with Crippen LogP contribution < -0.4 is 0 Å². The number of ketones is 1. The second-order valence-corrected chi connectivity index (χ2v) is 6.29. The summed E-state index contributed by atoms with van der Waals surface area (Å²) in [4.78, 5) is 16.2. The minimum Gasteiger partial charge on any atom is -0.339 e. The molecule has 0 N–H and O–H groups in total. The fourth-order valence-corrected chi connectivity index (χ4v) is 3.14. The summed E-state index contributed by atoms with van der Waals surface area (Å²) in [5.74, 6) is 2.46. The number of hydrogen-bond donors (Lipinski definition) is 0. The Bertz CT molecular complexity index is 439. The van der Waals surface area contributed by atoms with E-state index in [1.54, 1.807) is 6.92 Å². The Morgan fingerprint density at radius 2 is 2.11 bits per heavy atom. The zero-order valence-electron chi connectivity index (χ0n) is 12.3. The molecule has 1 saturated carbocycles. The van der Waals surface area contributed by atoms with Gasteiger partial charge < -0.3 is 4.52 Å². The Hall–Kier alpha value is -1.19. The predicted molar refractivity (Wildman–Crippen MR) is 72.9 cm³/mol. The highest BCUT2D eigenvalue weighted by molar-refractivity contribution is 5.82. The van der Waals surface area contributed by atoms with Gasteiger partial charge in [-0.05, 0) is 31.6 Å². The SMILES string of the molecule is CC(=O)C(c1nc(C2CCCC(C)C2)no1)C(C)C. The third-order valence-electron chi connectivity index (χ3n) is 4.13. The van der Waals surface area contributed by atoms with Crippen LogP contribution in [0.15, 0.2) is 4.52 Å². The third-order valence-corrected chi connectivity index (χ3v) is 4.13. The minimum atomic E-state index is -0.262. The highest BCUT2D eigenvalue weighted by Gasteiger charge is 2.30. The zero-order chi connectivity index (χ0) is 14.0. The lowest BCUT2D eigenvalue weighted by Crippen LogP contribution is -2.16. The molecule has 0 amide bonds. The highest BCUT2D eigenvalue weighted by atomic mass is 16.5. The summed E-state index contributed by atoms with van der Waals surface area (Å²) in [5, 5.41) is 4.12. The number of aromatic nitrogens is 2. The van der Waals surface area contributed by atoms with Gasteiger partial charge in [0, 0.05) is 5.92 Å². The molecule has 0 aliphatic heterocycles. The summed E-state index contributed by atoms with van der Waals surface area (Å²) < 4.78 is 5.36. The van der Waals surface area contributed by atoms with Gasteiger partial charge in [0.2, 0.25) is 5.89 Å². The number of nitrogens with zero attached hydrogens (tertiary/aromatic N) is 2. The lowest BCUT2D eigenvalue weighted by molar-refractivity contribution is -0.119. The lowest BCUT2D eigenvalue weighted by atomic mass is 9.82. The molecule has 1 fully saturated rings. The van der Waals surface area contributed by atoms with E-state index in [-0.39, 0.29) is 17.6 Å². The molecule has 0 aromatic carbocycles. The molecular formula is C15H24N2O2. The van der Waals surface area contributed by atoms with Crippen molar-refractivity contribution in [2.24, 2.45) is 11.8 Å². The van der Waals surface area contributed by atoms with Gasteiger partial charge in [0.15, 0.2) is 5.82 Å². The molecule has 0 spiro atoms. The molecule has 1 heterocycles. The first-order valence-corrected chi connectivity index (χ1v) is 7.33. The molecule has 4 heteroatoms. The molecule has 1 aromatic heterocycles. The summed E-state index contributed by atoms with van der Waals surface area (Å²) in [6, 6.07) is 0. The molecule has 19 heavy (non-hydrogen) atoms. The van der Waals surface area contributed by atoms with E-state index in [1.807, 2.05) is 13.8 Å². The molecule has 2 rings (SSSR count). The number of rotatable bonds is 4. The van der Waals surface area contributed by atoms with Crippen LogP contribution in [-0.4, -0.2) is 15.9 Å². The van der Waals surface area contributed by atoms with Crippen molar-refractivity contribution >= 4 is 5.78 Å². The first-order chi connectivity index (χ1) is 8.99. The molecule has 3 unspecified atom stereocenters. The Morgan fingerprint density at radius 3 is 2.68 bits per heavy atom. The predicted octanol–water partition coefficient (Wildman–Crippen LogP) is 3.69.